The Balaban J connectivity index is 1.47. The van der Waals surface area contributed by atoms with Crippen LogP contribution < -0.4 is 4.90 Å². The molecule has 2 fully saturated rings. The predicted molar refractivity (Wildman–Crippen MR) is 153 cm³/mol. The first-order valence-corrected chi connectivity index (χ1v) is 14.4. The number of nitrogens with zero attached hydrogens (tertiary/aromatic N) is 5. The summed E-state index contributed by atoms with van der Waals surface area (Å²) in [6.07, 6.45) is 1.42. The van der Waals surface area contributed by atoms with Crippen molar-refractivity contribution in [3.8, 4) is 6.07 Å². The fourth-order valence-electron chi connectivity index (χ4n) is 5.77. The van der Waals surface area contributed by atoms with Crippen molar-refractivity contribution in [2.45, 2.75) is 96.9 Å². The number of rotatable bonds is 10. The molecule has 0 radical (unpaired) electrons. The number of nitriles is 1. The normalized spacial score (nSPS) is 21.7. The summed E-state index contributed by atoms with van der Waals surface area (Å²) in [5.41, 5.74) is -2.54. The lowest BCUT2D eigenvalue weighted by atomic mass is 10.0. The van der Waals surface area contributed by atoms with E-state index in [0.717, 1.165) is 75.2 Å². The van der Waals surface area contributed by atoms with Gasteiger partial charge in [0.25, 0.3) is 5.91 Å². The molecular formula is C29H40F3N5O2S. The molecule has 2 atom stereocenters. The van der Waals surface area contributed by atoms with E-state index in [9.17, 15) is 22.8 Å². The smallest absolute Gasteiger partial charge is 0.340 e. The van der Waals surface area contributed by atoms with Crippen molar-refractivity contribution in [2.75, 3.05) is 31.1 Å². The Morgan fingerprint density at radius 3 is 2.12 bits per heavy atom. The van der Waals surface area contributed by atoms with E-state index in [2.05, 4.69) is 18.7 Å². The minimum atomic E-state index is -4.72. The highest BCUT2D eigenvalue weighted by Gasteiger charge is 2.49. The van der Waals surface area contributed by atoms with Crippen molar-refractivity contribution < 1.29 is 22.8 Å². The van der Waals surface area contributed by atoms with Gasteiger partial charge in [0.05, 0.1) is 22.9 Å². The van der Waals surface area contributed by atoms with Gasteiger partial charge in [-0.2, -0.15) is 18.4 Å². The molecule has 220 valence electrons. The molecule has 0 spiro atoms. The number of hydrogen-bond acceptors (Lipinski definition) is 5. The highest BCUT2D eigenvalue weighted by Crippen LogP contribution is 2.38. The van der Waals surface area contributed by atoms with Crippen molar-refractivity contribution in [3.05, 3.63) is 29.3 Å². The molecule has 2 unspecified atom stereocenters. The van der Waals surface area contributed by atoms with Gasteiger partial charge >= 0.3 is 6.18 Å². The van der Waals surface area contributed by atoms with E-state index in [1.165, 1.54) is 6.07 Å². The number of carbonyl (C=O) groups excluding carboxylic acids is 2. The zero-order valence-electron chi connectivity index (χ0n) is 24.1. The maximum Gasteiger partial charge on any atom is 0.417 e. The molecule has 2 heterocycles. The van der Waals surface area contributed by atoms with Crippen LogP contribution in [0.15, 0.2) is 18.2 Å². The first kappa shape index (κ1) is 31.8. The summed E-state index contributed by atoms with van der Waals surface area (Å²) >= 11 is 5.56. The summed E-state index contributed by atoms with van der Waals surface area (Å²) in [5.74, 6) is -0.249. The first-order valence-electron chi connectivity index (χ1n) is 14.0. The lowest BCUT2D eigenvalue weighted by Gasteiger charge is -2.44. The van der Waals surface area contributed by atoms with Crippen LogP contribution in [0.4, 0.5) is 18.9 Å². The molecule has 2 aliphatic rings. The van der Waals surface area contributed by atoms with E-state index in [-0.39, 0.29) is 22.6 Å². The van der Waals surface area contributed by atoms with Crippen LogP contribution in [0, 0.1) is 11.3 Å². The summed E-state index contributed by atoms with van der Waals surface area (Å²) in [6, 6.07) is 5.51. The predicted octanol–water partition coefficient (Wildman–Crippen LogP) is 5.57. The van der Waals surface area contributed by atoms with Gasteiger partial charge in [-0.3, -0.25) is 19.4 Å². The van der Waals surface area contributed by atoms with Gasteiger partial charge in [-0.25, -0.2) is 0 Å². The molecule has 3 rings (SSSR count). The zero-order valence-corrected chi connectivity index (χ0v) is 24.9. The van der Waals surface area contributed by atoms with E-state index >= 15 is 0 Å². The number of hydrogen-bond donors (Lipinski definition) is 0. The highest BCUT2D eigenvalue weighted by atomic mass is 32.1. The lowest BCUT2D eigenvalue weighted by Crippen LogP contribution is -2.57. The average Bonchev–Trinajstić information content (AvgIpc) is 3.04. The highest BCUT2D eigenvalue weighted by molar-refractivity contribution is 7.80. The van der Waals surface area contributed by atoms with Gasteiger partial charge in [-0.05, 0) is 77.5 Å². The Labute approximate surface area is 240 Å². The molecule has 2 amide bonds. The first-order chi connectivity index (χ1) is 18.7. The van der Waals surface area contributed by atoms with E-state index in [1.807, 2.05) is 4.90 Å². The van der Waals surface area contributed by atoms with E-state index in [4.69, 9.17) is 17.5 Å². The topological polar surface area (TPSA) is 70.9 Å². The quantitative estimate of drug-likeness (QED) is 0.267. The molecule has 0 N–H and O–H groups in total. The number of anilines is 1. The molecule has 0 aliphatic carbocycles. The number of halogens is 3. The number of alkyl halides is 3. The summed E-state index contributed by atoms with van der Waals surface area (Å²) in [6.45, 7) is 12.6. The van der Waals surface area contributed by atoms with Crippen molar-refractivity contribution in [1.82, 2.24) is 14.7 Å². The molecule has 7 nitrogen and oxygen atoms in total. The molecule has 1 aromatic rings. The second-order valence-electron chi connectivity index (χ2n) is 11.5. The molecule has 11 heteroatoms. The Hall–Kier alpha value is -2.71. The van der Waals surface area contributed by atoms with Crippen LogP contribution in [-0.4, -0.2) is 75.4 Å². The van der Waals surface area contributed by atoms with Crippen LogP contribution in [0.3, 0.4) is 0 Å². The third kappa shape index (κ3) is 6.95. The summed E-state index contributed by atoms with van der Waals surface area (Å²) in [5, 5.41) is 9.26. The largest absolute Gasteiger partial charge is 0.417 e. The van der Waals surface area contributed by atoms with Gasteiger partial charge in [-0.1, -0.05) is 25.7 Å². The Bertz CT molecular complexity index is 1140. The number of amides is 2. The van der Waals surface area contributed by atoms with Crippen LogP contribution in [0.2, 0.25) is 0 Å². The monoisotopic (exact) mass is 579 g/mol. The SMILES string of the molecule is CC(=O)N1CC(C)N(CCCCCCCCN2C(=S)N(c3ccc(C#N)c(C(F)(F)F)c3)C(=O)C2(C)C)C(C)C1. The summed E-state index contributed by atoms with van der Waals surface area (Å²) in [7, 11) is 0. The van der Waals surface area contributed by atoms with Gasteiger partial charge in [0.2, 0.25) is 5.91 Å². The molecule has 1 aromatic carbocycles. The van der Waals surface area contributed by atoms with Crippen molar-refractivity contribution >= 4 is 34.8 Å². The third-order valence-electron chi connectivity index (χ3n) is 8.11. The molecule has 40 heavy (non-hydrogen) atoms. The standard InChI is InChI=1S/C29H40F3N5O2S/c1-20-18-34(22(3)38)19-21(2)35(20)14-10-8-6-7-9-11-15-36-27(40)37(26(39)28(36,4)5)24-13-12-23(17-33)25(16-24)29(30,31)32/h12-13,16,20-21H,6-11,14-15,18-19H2,1-5H3. The Morgan fingerprint density at radius 2 is 1.60 bits per heavy atom. The second-order valence-corrected chi connectivity index (χ2v) is 11.8. The zero-order chi connectivity index (χ0) is 29.8. The molecular weight excluding hydrogens is 539 g/mol. The van der Waals surface area contributed by atoms with E-state index in [0.29, 0.717) is 18.6 Å². The van der Waals surface area contributed by atoms with Crippen molar-refractivity contribution in [1.29, 1.82) is 5.26 Å². The van der Waals surface area contributed by atoms with Crippen molar-refractivity contribution in [2.24, 2.45) is 0 Å². The molecule has 0 bridgehead atoms. The summed E-state index contributed by atoms with van der Waals surface area (Å²) < 4.78 is 40.5. The van der Waals surface area contributed by atoms with Crippen LogP contribution in [0.25, 0.3) is 0 Å². The number of carbonyl (C=O) groups is 2. The van der Waals surface area contributed by atoms with Gasteiger partial charge in [-0.15, -0.1) is 0 Å². The van der Waals surface area contributed by atoms with Gasteiger partial charge in [0, 0.05) is 38.6 Å². The fraction of sp³-hybridized carbons (Fsp3) is 0.655. The van der Waals surface area contributed by atoms with Gasteiger partial charge in [0.1, 0.15) is 5.54 Å². The van der Waals surface area contributed by atoms with Crippen LogP contribution in [0.5, 0.6) is 0 Å². The van der Waals surface area contributed by atoms with Gasteiger partial charge < -0.3 is 9.80 Å². The fourth-order valence-corrected chi connectivity index (χ4v) is 6.28. The maximum absolute atomic E-state index is 13.5. The van der Waals surface area contributed by atoms with Crippen LogP contribution in [0.1, 0.15) is 84.3 Å². The average molecular weight is 580 g/mol. The van der Waals surface area contributed by atoms with Crippen molar-refractivity contribution in [3.63, 3.8) is 0 Å². The Morgan fingerprint density at radius 1 is 1.05 bits per heavy atom. The minimum absolute atomic E-state index is 0.0169. The summed E-state index contributed by atoms with van der Waals surface area (Å²) in [4.78, 5) is 32.3. The van der Waals surface area contributed by atoms with Gasteiger partial charge in [0.15, 0.2) is 5.11 Å². The lowest BCUT2D eigenvalue weighted by molar-refractivity contribution is -0.138. The maximum atomic E-state index is 13.5. The molecule has 2 aliphatic heterocycles. The number of benzene rings is 1. The minimum Gasteiger partial charge on any atom is -0.340 e. The molecule has 2 saturated heterocycles. The molecule has 0 saturated carbocycles. The number of piperazine rings is 1. The van der Waals surface area contributed by atoms with E-state index in [1.54, 1.807) is 31.7 Å². The van der Waals surface area contributed by atoms with Crippen LogP contribution >= 0.6 is 12.2 Å². The second kappa shape index (κ2) is 12.9. The third-order valence-corrected chi connectivity index (χ3v) is 8.51. The number of unbranched alkanes of at least 4 members (excludes halogenated alkanes) is 5. The Kier molecular flexibility index (Phi) is 10.2. The molecule has 0 aromatic heterocycles. The van der Waals surface area contributed by atoms with E-state index < -0.39 is 22.8 Å². The van der Waals surface area contributed by atoms with Crippen LogP contribution in [-0.2, 0) is 15.8 Å². The number of thiocarbonyl (C=S) groups is 1.